The Balaban J connectivity index is 0.00000220. The molecular weight excluding hydrogens is 277 g/mol. The van der Waals surface area contributed by atoms with Crippen molar-refractivity contribution in [3.8, 4) is 0 Å². The molecular formula is C16H18NNaO3. The quantitative estimate of drug-likeness (QED) is 0.706. The topological polar surface area (TPSA) is 69.6 Å². The molecule has 0 aromatic heterocycles. The Morgan fingerprint density at radius 3 is 1.90 bits per heavy atom. The molecule has 0 amide bonds. The van der Waals surface area contributed by atoms with E-state index in [1.165, 1.54) is 0 Å². The van der Waals surface area contributed by atoms with Crippen LogP contribution in [0.4, 0.5) is 0 Å². The van der Waals surface area contributed by atoms with Crippen LogP contribution in [-0.4, -0.2) is 52.3 Å². The predicted molar refractivity (Wildman–Crippen MR) is 83.4 cm³/mol. The average Bonchev–Trinajstić information content (AvgIpc) is 2.49. The van der Waals surface area contributed by atoms with Crippen LogP contribution in [0.5, 0.6) is 0 Å². The SMILES string of the molecule is O=C(O)CN[C@@H](c1ccccc1)[C@@H](O)c1ccccc1.[NaH]. The fraction of sp³-hybridized carbons (Fsp3) is 0.188. The van der Waals surface area contributed by atoms with E-state index in [1.54, 1.807) is 0 Å². The number of benzene rings is 2. The first-order valence-electron chi connectivity index (χ1n) is 6.41. The van der Waals surface area contributed by atoms with Crippen LogP contribution >= 0.6 is 0 Å². The fourth-order valence-corrected chi connectivity index (χ4v) is 2.11. The molecule has 0 unspecified atom stereocenters. The molecule has 0 radical (unpaired) electrons. The number of aliphatic hydroxyl groups excluding tert-OH is 1. The van der Waals surface area contributed by atoms with Gasteiger partial charge in [-0.1, -0.05) is 60.7 Å². The minimum atomic E-state index is -0.953. The van der Waals surface area contributed by atoms with Crippen LogP contribution in [0.1, 0.15) is 23.3 Å². The molecule has 0 aliphatic carbocycles. The maximum absolute atomic E-state index is 10.8. The van der Waals surface area contributed by atoms with Crippen LogP contribution in [0.15, 0.2) is 60.7 Å². The van der Waals surface area contributed by atoms with Crippen LogP contribution in [-0.2, 0) is 4.79 Å². The van der Waals surface area contributed by atoms with E-state index >= 15 is 0 Å². The van der Waals surface area contributed by atoms with Crippen molar-refractivity contribution in [1.82, 2.24) is 5.32 Å². The summed E-state index contributed by atoms with van der Waals surface area (Å²) in [6, 6.07) is 18.1. The Morgan fingerprint density at radius 2 is 1.43 bits per heavy atom. The van der Waals surface area contributed by atoms with Crippen molar-refractivity contribution in [2.75, 3.05) is 6.54 Å². The zero-order chi connectivity index (χ0) is 14.4. The molecule has 2 aromatic carbocycles. The van der Waals surface area contributed by atoms with Crippen LogP contribution in [0, 0.1) is 0 Å². The number of carboxylic acids is 1. The molecule has 0 aliphatic heterocycles. The molecule has 0 spiro atoms. The van der Waals surface area contributed by atoms with Gasteiger partial charge in [-0.05, 0) is 11.1 Å². The van der Waals surface area contributed by atoms with Gasteiger partial charge in [0.05, 0.1) is 18.7 Å². The van der Waals surface area contributed by atoms with E-state index < -0.39 is 18.1 Å². The number of hydrogen-bond donors (Lipinski definition) is 3. The normalized spacial score (nSPS) is 13.0. The van der Waals surface area contributed by atoms with Gasteiger partial charge in [0.2, 0.25) is 0 Å². The average molecular weight is 295 g/mol. The Bertz CT molecular complexity index is 548. The van der Waals surface area contributed by atoms with Gasteiger partial charge in [0.15, 0.2) is 0 Å². The van der Waals surface area contributed by atoms with E-state index in [2.05, 4.69) is 5.32 Å². The van der Waals surface area contributed by atoms with Crippen LogP contribution in [0.25, 0.3) is 0 Å². The molecule has 0 fully saturated rings. The standard InChI is InChI=1S/C16H17NO3.Na.H/c18-14(19)11-17-15(12-7-3-1-4-8-12)16(20)13-9-5-2-6-10-13;;/h1-10,15-17,20H,11H2,(H,18,19);;/t15-,16-;;/m0../s1. The number of aliphatic carboxylic acids is 1. The van der Waals surface area contributed by atoms with Crippen molar-refractivity contribution in [3.63, 3.8) is 0 Å². The van der Waals surface area contributed by atoms with Gasteiger partial charge in [-0.15, -0.1) is 0 Å². The van der Waals surface area contributed by atoms with Crippen LogP contribution < -0.4 is 5.32 Å². The Hall–Kier alpha value is -1.17. The third-order valence-electron chi connectivity index (χ3n) is 3.09. The second-order valence-corrected chi connectivity index (χ2v) is 4.52. The molecule has 0 saturated heterocycles. The molecule has 0 bridgehead atoms. The van der Waals surface area contributed by atoms with Crippen molar-refractivity contribution in [3.05, 3.63) is 71.8 Å². The summed E-state index contributed by atoms with van der Waals surface area (Å²) in [6.45, 7) is -0.205. The van der Waals surface area contributed by atoms with Crippen molar-refractivity contribution in [2.24, 2.45) is 0 Å². The predicted octanol–water partition coefficient (Wildman–Crippen LogP) is 1.49. The summed E-state index contributed by atoms with van der Waals surface area (Å²) in [5.41, 5.74) is 1.60. The van der Waals surface area contributed by atoms with E-state index in [0.29, 0.717) is 0 Å². The molecule has 0 heterocycles. The second-order valence-electron chi connectivity index (χ2n) is 4.52. The van der Waals surface area contributed by atoms with E-state index in [0.717, 1.165) is 11.1 Å². The van der Waals surface area contributed by atoms with Crippen molar-refractivity contribution < 1.29 is 15.0 Å². The molecule has 2 aromatic rings. The summed E-state index contributed by atoms with van der Waals surface area (Å²) in [5, 5.41) is 22.2. The second kappa shape index (κ2) is 8.97. The van der Waals surface area contributed by atoms with Crippen molar-refractivity contribution >= 4 is 35.5 Å². The molecule has 0 aliphatic rings. The number of rotatable bonds is 6. The zero-order valence-electron chi connectivity index (χ0n) is 10.9. The molecule has 3 N–H and O–H groups in total. The first-order valence-corrected chi connectivity index (χ1v) is 6.41. The number of carbonyl (C=O) groups is 1. The fourth-order valence-electron chi connectivity index (χ4n) is 2.11. The van der Waals surface area contributed by atoms with E-state index in [1.807, 2.05) is 60.7 Å². The first kappa shape index (κ1) is 17.9. The van der Waals surface area contributed by atoms with Gasteiger partial charge >= 0.3 is 35.5 Å². The van der Waals surface area contributed by atoms with E-state index in [-0.39, 0.29) is 36.1 Å². The van der Waals surface area contributed by atoms with Gasteiger partial charge in [-0.2, -0.15) is 0 Å². The summed E-state index contributed by atoms with van der Waals surface area (Å²) in [7, 11) is 0. The summed E-state index contributed by atoms with van der Waals surface area (Å²) >= 11 is 0. The Labute approximate surface area is 146 Å². The molecule has 106 valence electrons. The molecule has 2 atom stereocenters. The molecule has 2 rings (SSSR count). The van der Waals surface area contributed by atoms with Crippen molar-refractivity contribution in [1.29, 1.82) is 0 Å². The van der Waals surface area contributed by atoms with Gasteiger partial charge in [0.1, 0.15) is 0 Å². The summed E-state index contributed by atoms with van der Waals surface area (Å²) in [4.78, 5) is 10.8. The summed E-state index contributed by atoms with van der Waals surface area (Å²) in [5.74, 6) is -0.953. The van der Waals surface area contributed by atoms with Gasteiger partial charge in [-0.25, -0.2) is 0 Å². The van der Waals surface area contributed by atoms with Crippen LogP contribution in [0.3, 0.4) is 0 Å². The van der Waals surface area contributed by atoms with Gasteiger partial charge in [-0.3, -0.25) is 10.1 Å². The number of aliphatic hydroxyl groups is 1. The number of hydrogen-bond acceptors (Lipinski definition) is 3. The molecule has 5 heteroatoms. The zero-order valence-corrected chi connectivity index (χ0v) is 10.9. The van der Waals surface area contributed by atoms with Gasteiger partial charge in [0.25, 0.3) is 0 Å². The minimum absolute atomic E-state index is 0. The molecule has 0 saturated carbocycles. The first-order chi connectivity index (χ1) is 9.68. The van der Waals surface area contributed by atoms with Gasteiger partial charge < -0.3 is 10.2 Å². The molecule has 21 heavy (non-hydrogen) atoms. The number of carboxylic acid groups (broad SMARTS) is 1. The van der Waals surface area contributed by atoms with E-state index in [4.69, 9.17) is 5.11 Å². The third kappa shape index (κ3) is 5.26. The van der Waals surface area contributed by atoms with E-state index in [9.17, 15) is 9.90 Å². The number of nitrogens with one attached hydrogen (secondary N) is 1. The third-order valence-corrected chi connectivity index (χ3v) is 3.09. The summed E-state index contributed by atoms with van der Waals surface area (Å²) < 4.78 is 0. The summed E-state index contributed by atoms with van der Waals surface area (Å²) in [6.07, 6.45) is -0.807. The monoisotopic (exact) mass is 295 g/mol. The van der Waals surface area contributed by atoms with Gasteiger partial charge in [0, 0.05) is 0 Å². The molecule has 4 nitrogen and oxygen atoms in total. The van der Waals surface area contributed by atoms with Crippen LogP contribution in [0.2, 0.25) is 0 Å². The van der Waals surface area contributed by atoms with Crippen molar-refractivity contribution in [2.45, 2.75) is 12.1 Å². The Morgan fingerprint density at radius 1 is 0.952 bits per heavy atom. The Kier molecular flexibility index (Phi) is 7.64. The maximum atomic E-state index is 10.8.